The van der Waals surface area contributed by atoms with Crippen LogP contribution in [-0.2, 0) is 0 Å². The quantitative estimate of drug-likeness (QED) is 0.222. The topological polar surface area (TPSA) is 44.8 Å². The van der Waals surface area contributed by atoms with Crippen LogP contribution in [0.5, 0.6) is 17.2 Å². The zero-order valence-corrected chi connectivity index (χ0v) is 16.1. The third-order valence-electron chi connectivity index (χ3n) is 4.30. The lowest BCUT2D eigenvalue weighted by molar-refractivity contribution is 0.0734. The maximum Gasteiger partial charge on any atom is 0.343 e. The Labute approximate surface area is 161 Å². The van der Waals surface area contributed by atoms with E-state index in [1.807, 2.05) is 0 Å². The van der Waals surface area contributed by atoms with E-state index in [9.17, 15) is 4.79 Å². The summed E-state index contributed by atoms with van der Waals surface area (Å²) < 4.78 is 16.5. The van der Waals surface area contributed by atoms with Crippen molar-refractivity contribution in [2.75, 3.05) is 13.2 Å². The fourth-order valence-corrected chi connectivity index (χ4v) is 2.44. The van der Waals surface area contributed by atoms with Gasteiger partial charge < -0.3 is 14.2 Å². The molecule has 0 N–H and O–H groups in total. The van der Waals surface area contributed by atoms with E-state index in [0.29, 0.717) is 30.3 Å². The van der Waals surface area contributed by atoms with Crippen LogP contribution in [-0.4, -0.2) is 19.2 Å². The highest BCUT2D eigenvalue weighted by molar-refractivity contribution is 5.91. The Balaban J connectivity index is 1.81. The first-order valence-corrected chi connectivity index (χ1v) is 9.41. The number of rotatable bonds is 11. The molecule has 27 heavy (non-hydrogen) atoms. The van der Waals surface area contributed by atoms with E-state index in [0.717, 1.165) is 18.1 Å². The SMILES string of the molecule is C=CCOc1ccc(OC(=O)c2ccc(OCCCC(C)CC)cc2)cc1. The smallest absolute Gasteiger partial charge is 0.343 e. The van der Waals surface area contributed by atoms with Crippen LogP contribution in [0.15, 0.2) is 61.2 Å². The van der Waals surface area contributed by atoms with Crippen molar-refractivity contribution in [2.24, 2.45) is 5.92 Å². The van der Waals surface area contributed by atoms with Crippen LogP contribution in [0.1, 0.15) is 43.5 Å². The summed E-state index contributed by atoms with van der Waals surface area (Å²) in [6, 6.07) is 13.9. The van der Waals surface area contributed by atoms with E-state index in [1.54, 1.807) is 54.6 Å². The first-order valence-electron chi connectivity index (χ1n) is 9.41. The van der Waals surface area contributed by atoms with Gasteiger partial charge in [-0.25, -0.2) is 4.79 Å². The molecule has 0 radical (unpaired) electrons. The van der Waals surface area contributed by atoms with Crippen molar-refractivity contribution < 1.29 is 19.0 Å². The summed E-state index contributed by atoms with van der Waals surface area (Å²) in [5.41, 5.74) is 0.480. The molecule has 0 aromatic heterocycles. The van der Waals surface area contributed by atoms with E-state index in [-0.39, 0.29) is 0 Å². The van der Waals surface area contributed by atoms with Crippen LogP contribution in [0.25, 0.3) is 0 Å². The van der Waals surface area contributed by atoms with E-state index >= 15 is 0 Å². The van der Waals surface area contributed by atoms with Crippen molar-refractivity contribution in [3.8, 4) is 17.2 Å². The van der Waals surface area contributed by atoms with Gasteiger partial charge in [-0.15, -0.1) is 0 Å². The van der Waals surface area contributed by atoms with Crippen LogP contribution in [0.2, 0.25) is 0 Å². The summed E-state index contributed by atoms with van der Waals surface area (Å²) in [5, 5.41) is 0. The summed E-state index contributed by atoms with van der Waals surface area (Å²) in [4.78, 5) is 12.2. The summed E-state index contributed by atoms with van der Waals surface area (Å²) >= 11 is 0. The lowest BCUT2D eigenvalue weighted by Crippen LogP contribution is -2.08. The molecule has 0 saturated carbocycles. The van der Waals surface area contributed by atoms with Crippen LogP contribution in [0, 0.1) is 5.92 Å². The predicted octanol–water partition coefficient (Wildman–Crippen LogP) is 5.68. The summed E-state index contributed by atoms with van der Waals surface area (Å²) in [6.07, 6.45) is 5.07. The third-order valence-corrected chi connectivity index (χ3v) is 4.30. The van der Waals surface area contributed by atoms with E-state index in [4.69, 9.17) is 14.2 Å². The van der Waals surface area contributed by atoms with Gasteiger partial charge in [-0.2, -0.15) is 0 Å². The summed E-state index contributed by atoms with van der Waals surface area (Å²) in [7, 11) is 0. The number of benzene rings is 2. The van der Waals surface area contributed by atoms with Crippen molar-refractivity contribution in [2.45, 2.75) is 33.1 Å². The molecule has 2 aromatic rings. The molecule has 1 unspecified atom stereocenters. The highest BCUT2D eigenvalue weighted by Gasteiger charge is 2.09. The van der Waals surface area contributed by atoms with Gasteiger partial charge in [0.15, 0.2) is 0 Å². The van der Waals surface area contributed by atoms with Crippen LogP contribution < -0.4 is 14.2 Å². The second-order valence-corrected chi connectivity index (χ2v) is 6.49. The highest BCUT2D eigenvalue weighted by atomic mass is 16.5. The lowest BCUT2D eigenvalue weighted by Gasteiger charge is -2.10. The molecule has 0 fully saturated rings. The molecule has 4 nitrogen and oxygen atoms in total. The molecule has 2 rings (SSSR count). The standard InChI is InChI=1S/C23H28O4/c1-4-16-25-21-12-14-22(15-13-21)27-23(24)19-8-10-20(11-9-19)26-17-6-7-18(3)5-2/h4,8-15,18H,1,5-7,16-17H2,2-3H3. The second kappa shape index (κ2) is 11.1. The Morgan fingerprint density at radius 3 is 2.22 bits per heavy atom. The highest BCUT2D eigenvalue weighted by Crippen LogP contribution is 2.20. The van der Waals surface area contributed by atoms with Crippen molar-refractivity contribution in [3.05, 3.63) is 66.7 Å². The number of esters is 1. The Morgan fingerprint density at radius 1 is 1.00 bits per heavy atom. The fraction of sp³-hybridized carbons (Fsp3) is 0.348. The van der Waals surface area contributed by atoms with Gasteiger partial charge in [-0.1, -0.05) is 32.9 Å². The van der Waals surface area contributed by atoms with Crippen molar-refractivity contribution in [1.82, 2.24) is 0 Å². The van der Waals surface area contributed by atoms with Gasteiger partial charge in [0.25, 0.3) is 0 Å². The molecular formula is C23H28O4. The van der Waals surface area contributed by atoms with E-state index in [2.05, 4.69) is 20.4 Å². The molecule has 1 atom stereocenters. The number of carbonyl (C=O) groups excluding carboxylic acids is 1. The minimum absolute atomic E-state index is 0.405. The molecular weight excluding hydrogens is 340 g/mol. The molecule has 0 aliphatic heterocycles. The molecule has 0 aliphatic carbocycles. The molecule has 4 heteroatoms. The molecule has 0 aliphatic rings. The molecule has 0 amide bonds. The summed E-state index contributed by atoms with van der Waals surface area (Å²) in [6.45, 7) is 9.18. The summed E-state index contributed by atoms with van der Waals surface area (Å²) in [5.74, 6) is 2.26. The maximum atomic E-state index is 12.2. The van der Waals surface area contributed by atoms with Gasteiger partial charge in [-0.3, -0.25) is 0 Å². The minimum Gasteiger partial charge on any atom is -0.494 e. The Bertz CT molecular complexity index is 704. The second-order valence-electron chi connectivity index (χ2n) is 6.49. The van der Waals surface area contributed by atoms with Gasteiger partial charge in [-0.05, 0) is 67.3 Å². The number of ether oxygens (including phenoxy) is 3. The van der Waals surface area contributed by atoms with Crippen molar-refractivity contribution in [1.29, 1.82) is 0 Å². The van der Waals surface area contributed by atoms with E-state index < -0.39 is 5.97 Å². The number of hydrogen-bond donors (Lipinski definition) is 0. The normalized spacial score (nSPS) is 11.5. The van der Waals surface area contributed by atoms with Gasteiger partial charge in [0.1, 0.15) is 23.9 Å². The average molecular weight is 368 g/mol. The van der Waals surface area contributed by atoms with Crippen LogP contribution in [0.3, 0.4) is 0 Å². The Kier molecular flexibility index (Phi) is 8.43. The largest absolute Gasteiger partial charge is 0.494 e. The molecule has 0 spiro atoms. The van der Waals surface area contributed by atoms with Gasteiger partial charge >= 0.3 is 5.97 Å². The molecule has 0 saturated heterocycles. The molecule has 144 valence electrons. The van der Waals surface area contributed by atoms with Gasteiger partial charge in [0.05, 0.1) is 12.2 Å². The van der Waals surface area contributed by atoms with Crippen molar-refractivity contribution in [3.63, 3.8) is 0 Å². The third kappa shape index (κ3) is 7.18. The maximum absolute atomic E-state index is 12.2. The number of hydrogen-bond acceptors (Lipinski definition) is 4. The zero-order valence-electron chi connectivity index (χ0n) is 16.1. The predicted molar refractivity (Wildman–Crippen MR) is 108 cm³/mol. The molecule has 0 bridgehead atoms. The fourth-order valence-electron chi connectivity index (χ4n) is 2.44. The van der Waals surface area contributed by atoms with Gasteiger partial charge in [0, 0.05) is 0 Å². The first kappa shape index (κ1) is 20.6. The van der Waals surface area contributed by atoms with Gasteiger partial charge in [0.2, 0.25) is 0 Å². The van der Waals surface area contributed by atoms with Crippen LogP contribution in [0.4, 0.5) is 0 Å². The van der Waals surface area contributed by atoms with Crippen LogP contribution >= 0.6 is 0 Å². The number of carbonyl (C=O) groups is 1. The first-order chi connectivity index (χ1) is 13.1. The Morgan fingerprint density at radius 2 is 1.59 bits per heavy atom. The molecule has 2 aromatic carbocycles. The van der Waals surface area contributed by atoms with E-state index in [1.165, 1.54) is 12.8 Å². The minimum atomic E-state index is -0.405. The lowest BCUT2D eigenvalue weighted by atomic mass is 10.0. The monoisotopic (exact) mass is 368 g/mol. The van der Waals surface area contributed by atoms with Crippen molar-refractivity contribution >= 4 is 5.97 Å². The Hall–Kier alpha value is -2.75. The zero-order chi connectivity index (χ0) is 19.5. The molecule has 0 heterocycles. The average Bonchev–Trinajstić information content (AvgIpc) is 2.71.